The first-order chi connectivity index (χ1) is 13.5. The fraction of sp³-hybridized carbons (Fsp3) is 0.0556. The normalized spacial score (nSPS) is 10.8. The molecule has 9 nitrogen and oxygen atoms in total. The Kier molecular flexibility index (Phi) is 5.66. The Morgan fingerprint density at radius 2 is 1.89 bits per heavy atom. The summed E-state index contributed by atoms with van der Waals surface area (Å²) in [5.41, 5.74) is 3.52. The summed E-state index contributed by atoms with van der Waals surface area (Å²) in [6, 6.07) is 12.6. The van der Waals surface area contributed by atoms with Gasteiger partial charge in [-0.05, 0) is 42.0 Å². The van der Waals surface area contributed by atoms with Crippen molar-refractivity contribution in [2.45, 2.75) is 0 Å². The van der Waals surface area contributed by atoms with Crippen LogP contribution in [0.5, 0.6) is 5.75 Å². The van der Waals surface area contributed by atoms with E-state index < -0.39 is 10.5 Å². The fourth-order valence-electron chi connectivity index (χ4n) is 2.28. The molecular formula is C18H14ClN5O4. The lowest BCUT2D eigenvalue weighted by atomic mass is 10.2. The standard InChI is InChI=1S/C18H14ClN5O4/c1-28-15-8-6-13(7-9-15)23-18(25)17(19)16(11-21-23)22-20-10-12-2-4-14(5-3-12)24(26)27/h2-11,22H,1H3/b20-10-. The topological polar surface area (TPSA) is 112 Å². The van der Waals surface area contributed by atoms with E-state index in [9.17, 15) is 14.9 Å². The Hall–Kier alpha value is -3.72. The van der Waals surface area contributed by atoms with Gasteiger partial charge in [-0.15, -0.1) is 0 Å². The van der Waals surface area contributed by atoms with Crippen LogP contribution in [0.15, 0.2) is 64.6 Å². The maximum atomic E-state index is 12.5. The molecule has 142 valence electrons. The highest BCUT2D eigenvalue weighted by Gasteiger charge is 2.10. The minimum atomic E-state index is -0.512. The molecule has 0 aliphatic heterocycles. The summed E-state index contributed by atoms with van der Waals surface area (Å²) in [6.07, 6.45) is 2.82. The highest BCUT2D eigenvalue weighted by molar-refractivity contribution is 6.32. The number of nitrogens with one attached hydrogen (secondary N) is 1. The maximum absolute atomic E-state index is 12.5. The van der Waals surface area contributed by atoms with E-state index in [0.29, 0.717) is 17.0 Å². The molecule has 0 amide bonds. The summed E-state index contributed by atoms with van der Waals surface area (Å²) in [7, 11) is 1.55. The number of hydrazone groups is 1. The van der Waals surface area contributed by atoms with Crippen LogP contribution in [0.4, 0.5) is 11.4 Å². The number of hydrogen-bond acceptors (Lipinski definition) is 7. The van der Waals surface area contributed by atoms with Gasteiger partial charge in [0.15, 0.2) is 0 Å². The van der Waals surface area contributed by atoms with Gasteiger partial charge in [-0.3, -0.25) is 20.3 Å². The van der Waals surface area contributed by atoms with Crippen LogP contribution in [0.1, 0.15) is 5.56 Å². The number of nitrogens with zero attached hydrogens (tertiary/aromatic N) is 4. The molecular weight excluding hydrogens is 386 g/mol. The molecule has 0 aliphatic rings. The number of nitro groups is 1. The zero-order valence-corrected chi connectivity index (χ0v) is 15.3. The molecule has 3 aromatic rings. The van der Waals surface area contributed by atoms with E-state index in [1.54, 1.807) is 43.5 Å². The quantitative estimate of drug-likeness (QED) is 0.387. The maximum Gasteiger partial charge on any atom is 0.292 e. The SMILES string of the molecule is COc1ccc(-n2ncc(N/N=C\c3ccc([N+](=O)[O-])cc3)c(Cl)c2=O)cc1. The van der Waals surface area contributed by atoms with Gasteiger partial charge >= 0.3 is 0 Å². The third-order valence-corrected chi connectivity index (χ3v) is 4.10. The van der Waals surface area contributed by atoms with Gasteiger partial charge in [0.2, 0.25) is 0 Å². The van der Waals surface area contributed by atoms with Crippen molar-refractivity contribution < 1.29 is 9.66 Å². The average molecular weight is 400 g/mol. The Balaban J connectivity index is 1.77. The number of nitro benzene ring substituents is 1. The predicted molar refractivity (Wildman–Crippen MR) is 106 cm³/mol. The monoisotopic (exact) mass is 399 g/mol. The van der Waals surface area contributed by atoms with E-state index in [1.807, 2.05) is 0 Å². The Morgan fingerprint density at radius 3 is 2.50 bits per heavy atom. The molecule has 0 radical (unpaired) electrons. The first-order valence-electron chi connectivity index (χ1n) is 7.95. The van der Waals surface area contributed by atoms with Crippen LogP contribution in [0, 0.1) is 10.1 Å². The molecule has 10 heteroatoms. The second-order valence-electron chi connectivity index (χ2n) is 5.51. The molecule has 0 fully saturated rings. The largest absolute Gasteiger partial charge is 0.497 e. The van der Waals surface area contributed by atoms with Gasteiger partial charge in [0.25, 0.3) is 11.2 Å². The molecule has 1 N–H and O–H groups in total. The number of benzene rings is 2. The van der Waals surface area contributed by atoms with Gasteiger partial charge in [-0.25, -0.2) is 0 Å². The van der Waals surface area contributed by atoms with Crippen molar-refractivity contribution in [2.75, 3.05) is 12.5 Å². The zero-order valence-electron chi connectivity index (χ0n) is 14.6. The lowest BCUT2D eigenvalue weighted by Crippen LogP contribution is -2.22. The summed E-state index contributed by atoms with van der Waals surface area (Å²) in [5, 5.41) is 18.6. The molecule has 1 aromatic heterocycles. The van der Waals surface area contributed by atoms with Crippen molar-refractivity contribution in [2.24, 2.45) is 5.10 Å². The minimum Gasteiger partial charge on any atom is -0.497 e. The lowest BCUT2D eigenvalue weighted by Gasteiger charge is -2.08. The number of hydrogen-bond donors (Lipinski definition) is 1. The number of aromatic nitrogens is 2. The van der Waals surface area contributed by atoms with E-state index in [-0.39, 0.29) is 16.4 Å². The van der Waals surface area contributed by atoms with Crippen LogP contribution in [0.3, 0.4) is 0 Å². The summed E-state index contributed by atoms with van der Waals surface area (Å²) in [4.78, 5) is 22.6. The molecule has 0 spiro atoms. The summed E-state index contributed by atoms with van der Waals surface area (Å²) < 4.78 is 6.24. The zero-order chi connectivity index (χ0) is 20.1. The number of methoxy groups -OCH3 is 1. The van der Waals surface area contributed by atoms with Crippen LogP contribution in [0.2, 0.25) is 5.02 Å². The van der Waals surface area contributed by atoms with Gasteiger partial charge in [0.1, 0.15) is 16.5 Å². The Labute approximate surface area is 164 Å². The number of anilines is 1. The smallest absolute Gasteiger partial charge is 0.292 e. The highest BCUT2D eigenvalue weighted by Crippen LogP contribution is 2.18. The van der Waals surface area contributed by atoms with Crippen molar-refractivity contribution >= 4 is 29.2 Å². The van der Waals surface area contributed by atoms with E-state index in [0.717, 1.165) is 4.68 Å². The first-order valence-corrected chi connectivity index (χ1v) is 8.33. The molecule has 0 aliphatic carbocycles. The van der Waals surface area contributed by atoms with Crippen LogP contribution < -0.4 is 15.7 Å². The molecule has 0 unspecified atom stereocenters. The van der Waals surface area contributed by atoms with Crippen molar-refractivity contribution in [3.63, 3.8) is 0 Å². The van der Waals surface area contributed by atoms with Crippen LogP contribution >= 0.6 is 11.6 Å². The molecule has 0 saturated carbocycles. The van der Waals surface area contributed by atoms with Gasteiger partial charge in [-0.2, -0.15) is 14.9 Å². The lowest BCUT2D eigenvalue weighted by molar-refractivity contribution is -0.384. The van der Waals surface area contributed by atoms with Crippen molar-refractivity contribution in [3.05, 3.63) is 85.8 Å². The number of halogens is 1. The van der Waals surface area contributed by atoms with E-state index >= 15 is 0 Å². The van der Waals surface area contributed by atoms with Gasteiger partial charge < -0.3 is 4.74 Å². The minimum absolute atomic E-state index is 0.0144. The molecule has 28 heavy (non-hydrogen) atoms. The van der Waals surface area contributed by atoms with Crippen LogP contribution in [-0.4, -0.2) is 28.0 Å². The van der Waals surface area contributed by atoms with Gasteiger partial charge in [0, 0.05) is 12.1 Å². The van der Waals surface area contributed by atoms with Gasteiger partial charge in [0.05, 0.1) is 30.1 Å². The van der Waals surface area contributed by atoms with Crippen molar-refractivity contribution in [3.8, 4) is 11.4 Å². The Morgan fingerprint density at radius 1 is 1.21 bits per heavy atom. The van der Waals surface area contributed by atoms with Crippen molar-refractivity contribution in [1.82, 2.24) is 9.78 Å². The number of non-ortho nitro benzene ring substituents is 1. The molecule has 1 heterocycles. The average Bonchev–Trinajstić information content (AvgIpc) is 2.72. The van der Waals surface area contributed by atoms with E-state index in [1.165, 1.54) is 24.5 Å². The highest BCUT2D eigenvalue weighted by atomic mass is 35.5. The second-order valence-corrected chi connectivity index (χ2v) is 5.88. The first kappa shape index (κ1) is 19.1. The van der Waals surface area contributed by atoms with Crippen molar-refractivity contribution in [1.29, 1.82) is 0 Å². The Bertz CT molecular complexity index is 1080. The molecule has 0 saturated heterocycles. The fourth-order valence-corrected chi connectivity index (χ4v) is 2.45. The number of ether oxygens (including phenoxy) is 1. The molecule has 2 aromatic carbocycles. The third kappa shape index (κ3) is 4.15. The third-order valence-electron chi connectivity index (χ3n) is 3.74. The van der Waals surface area contributed by atoms with Crippen LogP contribution in [0.25, 0.3) is 5.69 Å². The molecule has 0 atom stereocenters. The second kappa shape index (κ2) is 8.31. The van der Waals surface area contributed by atoms with E-state index in [4.69, 9.17) is 16.3 Å². The van der Waals surface area contributed by atoms with Gasteiger partial charge in [-0.1, -0.05) is 11.6 Å². The molecule has 0 bridgehead atoms. The predicted octanol–water partition coefficient (Wildman–Crippen LogP) is 3.25. The summed E-state index contributed by atoms with van der Waals surface area (Å²) >= 11 is 6.13. The molecule has 3 rings (SSSR count). The number of rotatable bonds is 6. The summed E-state index contributed by atoms with van der Waals surface area (Å²) in [5.74, 6) is 0.654. The summed E-state index contributed by atoms with van der Waals surface area (Å²) in [6.45, 7) is 0. The van der Waals surface area contributed by atoms with Crippen LogP contribution in [-0.2, 0) is 0 Å². The van der Waals surface area contributed by atoms with E-state index in [2.05, 4.69) is 15.6 Å².